The normalized spacial score (nSPS) is 22.1. The Morgan fingerprint density at radius 2 is 2.05 bits per heavy atom. The van der Waals surface area contributed by atoms with Gasteiger partial charge in [0.25, 0.3) is 0 Å². The number of carbonyl (C=O) groups excluding carboxylic acids is 1. The lowest BCUT2D eigenvalue weighted by atomic mass is 10.0. The van der Waals surface area contributed by atoms with E-state index in [0.29, 0.717) is 0 Å². The highest BCUT2D eigenvalue weighted by Gasteiger charge is 2.27. The third kappa shape index (κ3) is 2.39. The molecule has 0 aromatic heterocycles. The lowest BCUT2D eigenvalue weighted by Crippen LogP contribution is -2.32. The zero-order chi connectivity index (χ0) is 13.2. The summed E-state index contributed by atoms with van der Waals surface area (Å²) in [4.78, 5) is 13.5. The number of nitrogens with two attached hydrogens (primary N) is 1. The van der Waals surface area contributed by atoms with Crippen molar-refractivity contribution in [1.82, 2.24) is 5.32 Å². The molecule has 19 heavy (non-hydrogen) atoms. The van der Waals surface area contributed by atoms with Crippen LogP contribution in [-0.2, 0) is 6.42 Å². The Bertz CT molecular complexity index is 480. The number of carbonyl (C=O) groups is 1. The highest BCUT2D eigenvalue weighted by Crippen LogP contribution is 2.37. The van der Waals surface area contributed by atoms with Crippen LogP contribution in [0.15, 0.2) is 18.2 Å². The second-order valence-electron chi connectivity index (χ2n) is 5.49. The molecular formula is C15H21N3O. The summed E-state index contributed by atoms with van der Waals surface area (Å²) in [6.07, 6.45) is 5.91. The Morgan fingerprint density at radius 3 is 2.79 bits per heavy atom. The number of rotatable bonds is 2. The summed E-state index contributed by atoms with van der Waals surface area (Å²) < 4.78 is 0. The van der Waals surface area contributed by atoms with E-state index in [-0.39, 0.29) is 6.04 Å². The van der Waals surface area contributed by atoms with Crippen molar-refractivity contribution in [3.05, 3.63) is 29.3 Å². The molecule has 4 heteroatoms. The van der Waals surface area contributed by atoms with Gasteiger partial charge in [-0.3, -0.25) is 0 Å². The molecule has 1 fully saturated rings. The van der Waals surface area contributed by atoms with E-state index in [1.807, 2.05) is 0 Å². The molecule has 2 aliphatic rings. The number of nitrogens with one attached hydrogen (secondary N) is 1. The Hall–Kier alpha value is -1.71. The Labute approximate surface area is 114 Å². The van der Waals surface area contributed by atoms with E-state index in [1.54, 1.807) is 0 Å². The molecule has 1 saturated heterocycles. The van der Waals surface area contributed by atoms with Crippen LogP contribution < -0.4 is 16.0 Å². The number of anilines is 1. The first-order valence-corrected chi connectivity index (χ1v) is 7.18. The number of amides is 2. The topological polar surface area (TPSA) is 58.4 Å². The van der Waals surface area contributed by atoms with Crippen molar-refractivity contribution < 1.29 is 4.79 Å². The van der Waals surface area contributed by atoms with Gasteiger partial charge >= 0.3 is 6.03 Å². The molecule has 0 spiro atoms. The van der Waals surface area contributed by atoms with Crippen molar-refractivity contribution in [2.75, 3.05) is 18.0 Å². The van der Waals surface area contributed by atoms with Crippen LogP contribution in [0.5, 0.6) is 0 Å². The quantitative estimate of drug-likeness (QED) is 0.856. The van der Waals surface area contributed by atoms with E-state index < -0.39 is 6.03 Å². The minimum Gasteiger partial charge on any atom is -0.371 e. The van der Waals surface area contributed by atoms with Gasteiger partial charge in [0.2, 0.25) is 0 Å². The zero-order valence-electron chi connectivity index (χ0n) is 11.2. The van der Waals surface area contributed by atoms with Gasteiger partial charge < -0.3 is 16.0 Å². The first kappa shape index (κ1) is 12.3. The second-order valence-corrected chi connectivity index (χ2v) is 5.49. The van der Waals surface area contributed by atoms with Crippen molar-refractivity contribution in [2.45, 2.75) is 38.1 Å². The third-order valence-electron chi connectivity index (χ3n) is 4.26. The van der Waals surface area contributed by atoms with Gasteiger partial charge in [0.05, 0.1) is 6.04 Å². The molecular weight excluding hydrogens is 238 g/mol. The van der Waals surface area contributed by atoms with Crippen LogP contribution in [0.25, 0.3) is 0 Å². The standard InChI is InChI=1S/C15H21N3O/c16-15(19)17-13-8-7-12-11(13)5-4-6-14(12)18-9-2-1-3-10-18/h4-6,13H,1-3,7-10H2,(H3,16,17,19). The molecule has 1 atom stereocenters. The number of primary amides is 1. The highest BCUT2D eigenvalue weighted by molar-refractivity contribution is 5.73. The molecule has 1 unspecified atom stereocenters. The summed E-state index contributed by atoms with van der Waals surface area (Å²) in [5.74, 6) is 0. The van der Waals surface area contributed by atoms with Gasteiger partial charge in [0, 0.05) is 18.8 Å². The second kappa shape index (κ2) is 5.11. The maximum atomic E-state index is 11.1. The fourth-order valence-electron chi connectivity index (χ4n) is 3.39. The number of piperidine rings is 1. The van der Waals surface area contributed by atoms with Crippen molar-refractivity contribution >= 4 is 11.7 Å². The largest absolute Gasteiger partial charge is 0.371 e. The molecule has 3 N–H and O–H groups in total. The molecule has 1 aromatic rings. The predicted molar refractivity (Wildman–Crippen MR) is 76.3 cm³/mol. The molecule has 0 bridgehead atoms. The number of urea groups is 1. The van der Waals surface area contributed by atoms with E-state index in [4.69, 9.17) is 5.73 Å². The zero-order valence-corrected chi connectivity index (χ0v) is 11.2. The van der Waals surface area contributed by atoms with E-state index in [1.165, 1.54) is 36.1 Å². The summed E-state index contributed by atoms with van der Waals surface area (Å²) in [6.45, 7) is 2.31. The third-order valence-corrected chi connectivity index (χ3v) is 4.26. The molecule has 0 radical (unpaired) electrons. The van der Waals surface area contributed by atoms with Crippen molar-refractivity contribution in [3.8, 4) is 0 Å². The van der Waals surface area contributed by atoms with E-state index in [2.05, 4.69) is 28.4 Å². The number of hydrogen-bond donors (Lipinski definition) is 2. The number of fused-ring (bicyclic) bond motifs is 1. The molecule has 0 saturated carbocycles. The van der Waals surface area contributed by atoms with Crippen LogP contribution >= 0.6 is 0 Å². The maximum absolute atomic E-state index is 11.1. The molecule has 102 valence electrons. The van der Waals surface area contributed by atoms with Gasteiger partial charge in [-0.25, -0.2) is 4.79 Å². The van der Waals surface area contributed by atoms with Gasteiger partial charge in [-0.1, -0.05) is 12.1 Å². The SMILES string of the molecule is NC(=O)NC1CCc2c1cccc2N1CCCCC1. The smallest absolute Gasteiger partial charge is 0.312 e. The fraction of sp³-hybridized carbons (Fsp3) is 0.533. The monoisotopic (exact) mass is 259 g/mol. The lowest BCUT2D eigenvalue weighted by Gasteiger charge is -2.30. The average molecular weight is 259 g/mol. The van der Waals surface area contributed by atoms with Crippen LogP contribution in [0.2, 0.25) is 0 Å². The first-order valence-electron chi connectivity index (χ1n) is 7.18. The molecule has 4 nitrogen and oxygen atoms in total. The van der Waals surface area contributed by atoms with Gasteiger partial charge in [-0.05, 0) is 49.3 Å². The molecule has 1 aliphatic heterocycles. The fourth-order valence-corrected chi connectivity index (χ4v) is 3.39. The maximum Gasteiger partial charge on any atom is 0.312 e. The van der Waals surface area contributed by atoms with Gasteiger partial charge in [0.1, 0.15) is 0 Å². The van der Waals surface area contributed by atoms with Gasteiger partial charge in [-0.2, -0.15) is 0 Å². The molecule has 1 heterocycles. The summed E-state index contributed by atoms with van der Waals surface area (Å²) in [5.41, 5.74) is 9.27. The summed E-state index contributed by atoms with van der Waals surface area (Å²) >= 11 is 0. The van der Waals surface area contributed by atoms with Crippen molar-refractivity contribution in [2.24, 2.45) is 5.73 Å². The van der Waals surface area contributed by atoms with Crippen molar-refractivity contribution in [3.63, 3.8) is 0 Å². The number of benzene rings is 1. The molecule has 2 amide bonds. The van der Waals surface area contributed by atoms with Crippen LogP contribution in [0.3, 0.4) is 0 Å². The van der Waals surface area contributed by atoms with Crippen LogP contribution in [-0.4, -0.2) is 19.1 Å². The van der Waals surface area contributed by atoms with Crippen LogP contribution in [0.4, 0.5) is 10.5 Å². The number of nitrogens with zero attached hydrogens (tertiary/aromatic N) is 1. The Balaban J connectivity index is 1.88. The van der Waals surface area contributed by atoms with E-state index in [0.717, 1.165) is 25.9 Å². The minimum absolute atomic E-state index is 0.0947. The highest BCUT2D eigenvalue weighted by atomic mass is 16.2. The summed E-state index contributed by atoms with van der Waals surface area (Å²) in [6, 6.07) is 6.11. The van der Waals surface area contributed by atoms with Gasteiger partial charge in [0.15, 0.2) is 0 Å². The lowest BCUT2D eigenvalue weighted by molar-refractivity contribution is 0.245. The summed E-state index contributed by atoms with van der Waals surface area (Å²) in [7, 11) is 0. The predicted octanol–water partition coefficient (Wildman–Crippen LogP) is 2.33. The molecule has 1 aliphatic carbocycles. The average Bonchev–Trinajstić information content (AvgIpc) is 2.82. The van der Waals surface area contributed by atoms with E-state index >= 15 is 0 Å². The first-order chi connectivity index (χ1) is 9.25. The molecule has 3 rings (SSSR count). The molecule has 1 aromatic carbocycles. The van der Waals surface area contributed by atoms with Crippen LogP contribution in [0, 0.1) is 0 Å². The Morgan fingerprint density at radius 1 is 1.26 bits per heavy atom. The summed E-state index contributed by atoms with van der Waals surface area (Å²) in [5, 5.41) is 2.85. The van der Waals surface area contributed by atoms with Gasteiger partial charge in [-0.15, -0.1) is 0 Å². The van der Waals surface area contributed by atoms with E-state index in [9.17, 15) is 4.79 Å². The van der Waals surface area contributed by atoms with Crippen LogP contribution in [0.1, 0.15) is 42.9 Å². The Kier molecular flexibility index (Phi) is 3.32. The van der Waals surface area contributed by atoms with Crippen molar-refractivity contribution in [1.29, 1.82) is 0 Å². The minimum atomic E-state index is -0.429. The number of hydrogen-bond acceptors (Lipinski definition) is 2.